The number of rotatable bonds is 7. The van der Waals surface area contributed by atoms with Crippen molar-refractivity contribution in [3.63, 3.8) is 0 Å². The highest BCUT2D eigenvalue weighted by Crippen LogP contribution is 2.20. The molecule has 1 rings (SSSR count). The smallest absolute Gasteiger partial charge is 0.00477 e. The summed E-state index contributed by atoms with van der Waals surface area (Å²) >= 11 is 0. The summed E-state index contributed by atoms with van der Waals surface area (Å²) in [5.74, 6) is 0.569. The molecule has 2 N–H and O–H groups in total. The fourth-order valence-corrected chi connectivity index (χ4v) is 2.25. The van der Waals surface area contributed by atoms with Gasteiger partial charge in [0.05, 0.1) is 0 Å². The van der Waals surface area contributed by atoms with E-state index in [0.29, 0.717) is 5.92 Å². The maximum atomic E-state index is 5.82. The molecule has 102 valence electrons. The van der Waals surface area contributed by atoms with Gasteiger partial charge in [-0.3, -0.25) is 0 Å². The summed E-state index contributed by atoms with van der Waals surface area (Å²) in [6, 6.07) is 10.7. The third kappa shape index (κ3) is 4.79. The Hall–Kier alpha value is -0.860. The van der Waals surface area contributed by atoms with E-state index in [1.807, 2.05) is 0 Å². The van der Waals surface area contributed by atoms with Gasteiger partial charge in [-0.25, -0.2) is 0 Å². The first kappa shape index (κ1) is 15.2. The van der Waals surface area contributed by atoms with Crippen molar-refractivity contribution in [1.29, 1.82) is 0 Å². The van der Waals surface area contributed by atoms with Gasteiger partial charge in [0.15, 0.2) is 0 Å². The molecule has 0 saturated carbocycles. The highest BCUT2D eigenvalue weighted by atomic mass is 15.1. The molecule has 0 spiro atoms. The van der Waals surface area contributed by atoms with E-state index in [9.17, 15) is 0 Å². The molecule has 2 heteroatoms. The summed E-state index contributed by atoms with van der Waals surface area (Å²) in [7, 11) is 0. The lowest BCUT2D eigenvalue weighted by Gasteiger charge is -2.32. The van der Waals surface area contributed by atoms with E-state index in [4.69, 9.17) is 5.73 Å². The lowest BCUT2D eigenvalue weighted by atomic mass is 9.92. The van der Waals surface area contributed by atoms with E-state index in [0.717, 1.165) is 26.2 Å². The molecule has 1 atom stereocenters. The summed E-state index contributed by atoms with van der Waals surface area (Å²) in [4.78, 5) is 2.50. The first-order chi connectivity index (χ1) is 8.48. The molecule has 0 saturated heterocycles. The van der Waals surface area contributed by atoms with Gasteiger partial charge in [-0.2, -0.15) is 0 Å². The zero-order chi connectivity index (χ0) is 13.6. The van der Waals surface area contributed by atoms with Gasteiger partial charge in [0.25, 0.3) is 0 Å². The van der Waals surface area contributed by atoms with Crippen molar-refractivity contribution >= 4 is 0 Å². The van der Waals surface area contributed by atoms with Crippen LogP contribution in [-0.4, -0.2) is 31.1 Å². The molecule has 0 aromatic heterocycles. The summed E-state index contributed by atoms with van der Waals surface area (Å²) in [5, 5.41) is 0. The van der Waals surface area contributed by atoms with Crippen LogP contribution in [0.3, 0.4) is 0 Å². The van der Waals surface area contributed by atoms with E-state index < -0.39 is 0 Å². The van der Waals surface area contributed by atoms with Crippen molar-refractivity contribution < 1.29 is 0 Å². The fourth-order valence-electron chi connectivity index (χ4n) is 2.25. The van der Waals surface area contributed by atoms with Crippen LogP contribution in [0.1, 0.15) is 39.2 Å². The minimum atomic E-state index is 0.201. The zero-order valence-electron chi connectivity index (χ0n) is 12.3. The number of hydrogen-bond donors (Lipinski definition) is 1. The predicted octanol–water partition coefficient (Wildman–Crippen LogP) is 3.10. The first-order valence-electron chi connectivity index (χ1n) is 6.96. The number of nitrogens with zero attached hydrogens (tertiary/aromatic N) is 1. The molecular formula is C16H28N2. The molecule has 0 heterocycles. The van der Waals surface area contributed by atoms with Gasteiger partial charge in [-0.15, -0.1) is 0 Å². The maximum absolute atomic E-state index is 5.82. The summed E-state index contributed by atoms with van der Waals surface area (Å²) in [5.41, 5.74) is 7.44. The molecule has 1 unspecified atom stereocenters. The van der Waals surface area contributed by atoms with E-state index >= 15 is 0 Å². The quantitative estimate of drug-likeness (QED) is 0.803. The minimum absolute atomic E-state index is 0.201. The number of nitrogens with two attached hydrogens (primary N) is 1. The van der Waals surface area contributed by atoms with Crippen LogP contribution in [0, 0.1) is 5.41 Å². The van der Waals surface area contributed by atoms with Gasteiger partial charge >= 0.3 is 0 Å². The van der Waals surface area contributed by atoms with E-state index in [1.165, 1.54) is 5.56 Å². The Labute approximate surface area is 112 Å². The van der Waals surface area contributed by atoms with Gasteiger partial charge in [-0.05, 0) is 30.0 Å². The number of benzene rings is 1. The van der Waals surface area contributed by atoms with Crippen LogP contribution in [0.15, 0.2) is 30.3 Å². The van der Waals surface area contributed by atoms with Crippen molar-refractivity contribution in [2.75, 3.05) is 26.2 Å². The topological polar surface area (TPSA) is 29.3 Å². The van der Waals surface area contributed by atoms with Crippen LogP contribution < -0.4 is 5.73 Å². The molecular weight excluding hydrogens is 220 g/mol. The lowest BCUT2D eigenvalue weighted by molar-refractivity contribution is 0.183. The van der Waals surface area contributed by atoms with Crippen LogP contribution >= 0.6 is 0 Å². The van der Waals surface area contributed by atoms with Crippen LogP contribution in [0.4, 0.5) is 0 Å². The Balaban J connectivity index is 2.58. The van der Waals surface area contributed by atoms with Crippen LogP contribution in [-0.2, 0) is 0 Å². The molecule has 0 amide bonds. The van der Waals surface area contributed by atoms with E-state index in [2.05, 4.69) is 62.9 Å². The van der Waals surface area contributed by atoms with Crippen LogP contribution in [0.25, 0.3) is 0 Å². The van der Waals surface area contributed by atoms with Crippen molar-refractivity contribution in [1.82, 2.24) is 4.90 Å². The molecule has 0 fully saturated rings. The first-order valence-corrected chi connectivity index (χ1v) is 6.96. The van der Waals surface area contributed by atoms with Gasteiger partial charge in [0.1, 0.15) is 0 Å². The van der Waals surface area contributed by atoms with Gasteiger partial charge in [-0.1, -0.05) is 58.0 Å². The summed E-state index contributed by atoms with van der Waals surface area (Å²) in [6.45, 7) is 13.0. The molecule has 2 nitrogen and oxygen atoms in total. The third-order valence-corrected chi connectivity index (χ3v) is 3.55. The molecule has 1 aromatic rings. The average molecular weight is 248 g/mol. The molecule has 1 aromatic carbocycles. The summed E-state index contributed by atoms with van der Waals surface area (Å²) < 4.78 is 0. The lowest BCUT2D eigenvalue weighted by Crippen LogP contribution is -2.40. The van der Waals surface area contributed by atoms with E-state index in [1.54, 1.807) is 0 Å². The second-order valence-electron chi connectivity index (χ2n) is 6.01. The predicted molar refractivity (Wildman–Crippen MR) is 79.8 cm³/mol. The average Bonchev–Trinajstić information content (AvgIpc) is 2.38. The highest BCUT2D eigenvalue weighted by molar-refractivity contribution is 5.19. The molecule has 0 aliphatic rings. The minimum Gasteiger partial charge on any atom is -0.330 e. The third-order valence-electron chi connectivity index (χ3n) is 3.55. The Kier molecular flexibility index (Phi) is 5.83. The molecule has 0 aliphatic heterocycles. The number of likely N-dealkylation sites (N-methyl/N-ethyl adjacent to an activating group) is 1. The van der Waals surface area contributed by atoms with Crippen molar-refractivity contribution in [2.45, 2.75) is 33.6 Å². The Morgan fingerprint density at radius 2 is 1.83 bits per heavy atom. The molecule has 0 bridgehead atoms. The van der Waals surface area contributed by atoms with Crippen molar-refractivity contribution in [2.24, 2.45) is 11.1 Å². The standard InChI is InChI=1S/C16H28N2/c1-5-18(13-16(3,4)12-17)11-14(2)15-9-7-6-8-10-15/h6-10,14H,5,11-13,17H2,1-4H3. The Morgan fingerprint density at radius 3 is 2.33 bits per heavy atom. The SMILES string of the molecule is CCN(CC(C)c1ccccc1)CC(C)(C)CN. The highest BCUT2D eigenvalue weighted by Gasteiger charge is 2.20. The second kappa shape index (κ2) is 6.91. The van der Waals surface area contributed by atoms with Gasteiger partial charge < -0.3 is 10.6 Å². The Morgan fingerprint density at radius 1 is 1.22 bits per heavy atom. The fraction of sp³-hybridized carbons (Fsp3) is 0.625. The molecule has 18 heavy (non-hydrogen) atoms. The Bertz CT molecular complexity index is 332. The number of hydrogen-bond acceptors (Lipinski definition) is 2. The van der Waals surface area contributed by atoms with Crippen molar-refractivity contribution in [3.05, 3.63) is 35.9 Å². The molecule has 0 radical (unpaired) electrons. The van der Waals surface area contributed by atoms with Crippen LogP contribution in [0.5, 0.6) is 0 Å². The second-order valence-corrected chi connectivity index (χ2v) is 6.01. The maximum Gasteiger partial charge on any atom is 0.00477 e. The van der Waals surface area contributed by atoms with Gasteiger partial charge in [0.2, 0.25) is 0 Å². The van der Waals surface area contributed by atoms with Crippen LogP contribution in [0.2, 0.25) is 0 Å². The largest absolute Gasteiger partial charge is 0.330 e. The van der Waals surface area contributed by atoms with Crippen molar-refractivity contribution in [3.8, 4) is 0 Å². The normalized spacial score (nSPS) is 13.9. The molecule has 0 aliphatic carbocycles. The monoisotopic (exact) mass is 248 g/mol. The van der Waals surface area contributed by atoms with E-state index in [-0.39, 0.29) is 5.41 Å². The summed E-state index contributed by atoms with van der Waals surface area (Å²) in [6.07, 6.45) is 0. The van der Waals surface area contributed by atoms with Gasteiger partial charge in [0, 0.05) is 13.1 Å². The zero-order valence-corrected chi connectivity index (χ0v) is 12.3.